The molecule has 170 valence electrons. The largest absolute Gasteiger partial charge is 0.382 e. The number of hydrogen-bond donors (Lipinski definition) is 3. The average molecular weight is 467 g/mol. The molecule has 4 aromatic carbocycles. The van der Waals surface area contributed by atoms with E-state index in [1.165, 1.54) is 11.3 Å². The Hall–Kier alpha value is -3.97. The molecule has 1 atom stereocenters. The molecule has 0 spiro atoms. The summed E-state index contributed by atoms with van der Waals surface area (Å²) >= 11 is 1.54. The third-order valence-electron chi connectivity index (χ3n) is 5.82. The number of thiazole rings is 1. The number of aromatic nitrogens is 1. The smallest absolute Gasteiger partial charge is 0.201 e. The first-order valence-corrected chi connectivity index (χ1v) is 12.2. The summed E-state index contributed by atoms with van der Waals surface area (Å²) < 4.78 is 0. The summed E-state index contributed by atoms with van der Waals surface area (Å²) in [6.07, 6.45) is 2.83. The Morgan fingerprint density at radius 2 is 1.35 bits per heavy atom. The van der Waals surface area contributed by atoms with Gasteiger partial charge in [-0.2, -0.15) is 0 Å². The number of hydrazine groups is 1. The zero-order chi connectivity index (χ0) is 23.3. The molecule has 1 heterocycles. The number of azo groups is 1. The second-order valence-corrected chi connectivity index (χ2v) is 8.99. The molecule has 0 aliphatic heterocycles. The molecule has 7 heteroatoms. The highest BCUT2D eigenvalue weighted by atomic mass is 32.1. The summed E-state index contributed by atoms with van der Waals surface area (Å²) in [6, 6.07) is 25.0. The number of rotatable bonds is 8. The maximum Gasteiger partial charge on any atom is 0.201 e. The van der Waals surface area contributed by atoms with Crippen LogP contribution in [-0.2, 0) is 0 Å². The van der Waals surface area contributed by atoms with E-state index in [1.807, 2.05) is 41.8 Å². The van der Waals surface area contributed by atoms with E-state index in [9.17, 15) is 0 Å². The molecule has 0 saturated carbocycles. The third-order valence-corrected chi connectivity index (χ3v) is 6.51. The van der Waals surface area contributed by atoms with Crippen LogP contribution in [0.25, 0.3) is 21.5 Å². The standard InChI is InChI=1S/C27H26N6S/c1-3-18(2)29-23-12-13-24(20-9-5-4-8-19(20)23)30-31-25-14-15-26(22-11-7-6-10-21(22)25)32-33-27-28-16-17-34-27/h4-18,29,32H,3H2,1-2H3,(H,28,33)/b31-30+. The molecule has 0 amide bonds. The van der Waals surface area contributed by atoms with E-state index >= 15 is 0 Å². The van der Waals surface area contributed by atoms with E-state index in [-0.39, 0.29) is 0 Å². The van der Waals surface area contributed by atoms with Gasteiger partial charge < -0.3 is 5.32 Å². The van der Waals surface area contributed by atoms with E-state index in [1.54, 1.807) is 6.20 Å². The Bertz CT molecular complexity index is 1440. The molecule has 34 heavy (non-hydrogen) atoms. The van der Waals surface area contributed by atoms with E-state index in [2.05, 4.69) is 81.6 Å². The van der Waals surface area contributed by atoms with Crippen LogP contribution in [0.15, 0.2) is 94.6 Å². The lowest BCUT2D eigenvalue weighted by Crippen LogP contribution is -2.13. The Kier molecular flexibility index (Phi) is 6.35. The van der Waals surface area contributed by atoms with E-state index in [0.29, 0.717) is 6.04 Å². The van der Waals surface area contributed by atoms with Crippen molar-refractivity contribution in [2.45, 2.75) is 26.3 Å². The fourth-order valence-corrected chi connectivity index (χ4v) is 4.34. The Morgan fingerprint density at radius 1 is 0.765 bits per heavy atom. The predicted molar refractivity (Wildman–Crippen MR) is 145 cm³/mol. The average Bonchev–Trinajstić information content (AvgIpc) is 3.41. The summed E-state index contributed by atoms with van der Waals surface area (Å²) in [5.74, 6) is 0. The van der Waals surface area contributed by atoms with Gasteiger partial charge in [0, 0.05) is 44.9 Å². The van der Waals surface area contributed by atoms with Crippen LogP contribution in [0.2, 0.25) is 0 Å². The van der Waals surface area contributed by atoms with Gasteiger partial charge in [-0.05, 0) is 37.6 Å². The monoisotopic (exact) mass is 466 g/mol. The van der Waals surface area contributed by atoms with Gasteiger partial charge in [-0.15, -0.1) is 21.6 Å². The molecule has 0 aliphatic rings. The quantitative estimate of drug-likeness (QED) is 0.158. The van der Waals surface area contributed by atoms with Crippen molar-refractivity contribution in [2.75, 3.05) is 16.2 Å². The molecule has 1 unspecified atom stereocenters. The number of nitrogens with one attached hydrogen (secondary N) is 3. The highest BCUT2D eigenvalue weighted by Crippen LogP contribution is 2.36. The summed E-state index contributed by atoms with van der Waals surface area (Å²) in [5, 5.41) is 20.0. The van der Waals surface area contributed by atoms with Crippen molar-refractivity contribution < 1.29 is 0 Å². The number of hydrogen-bond acceptors (Lipinski definition) is 7. The predicted octanol–water partition coefficient (Wildman–Crippen LogP) is 8.51. The Balaban J connectivity index is 1.48. The van der Waals surface area contributed by atoms with E-state index in [0.717, 1.165) is 55.8 Å². The molecule has 0 fully saturated rings. The highest BCUT2D eigenvalue weighted by Gasteiger charge is 2.09. The molecule has 0 bridgehead atoms. The van der Waals surface area contributed by atoms with Crippen molar-refractivity contribution in [3.05, 3.63) is 84.4 Å². The third kappa shape index (κ3) is 4.56. The van der Waals surface area contributed by atoms with Gasteiger partial charge >= 0.3 is 0 Å². The molecule has 6 nitrogen and oxygen atoms in total. The van der Waals surface area contributed by atoms with Gasteiger partial charge in [0.2, 0.25) is 5.13 Å². The summed E-state index contributed by atoms with van der Waals surface area (Å²) in [4.78, 5) is 4.25. The molecule has 5 rings (SSSR count). The van der Waals surface area contributed by atoms with Crippen LogP contribution >= 0.6 is 11.3 Å². The normalized spacial score (nSPS) is 12.3. The molecular formula is C27H26N6S. The van der Waals surface area contributed by atoms with E-state index in [4.69, 9.17) is 0 Å². The minimum absolute atomic E-state index is 0.402. The topological polar surface area (TPSA) is 73.7 Å². The molecule has 1 aromatic heterocycles. The SMILES string of the molecule is CCC(C)Nc1ccc(/N=N/c2ccc(NNc3nccs3)c3ccccc23)c2ccccc12. The first kappa shape index (κ1) is 21.9. The van der Waals surface area contributed by atoms with Gasteiger partial charge in [-0.3, -0.25) is 10.9 Å². The second kappa shape index (κ2) is 9.89. The highest BCUT2D eigenvalue weighted by molar-refractivity contribution is 7.13. The van der Waals surface area contributed by atoms with Gasteiger partial charge in [0.1, 0.15) is 0 Å². The lowest BCUT2D eigenvalue weighted by Gasteiger charge is -2.16. The van der Waals surface area contributed by atoms with Crippen molar-refractivity contribution >= 4 is 60.8 Å². The minimum Gasteiger partial charge on any atom is -0.382 e. The maximum atomic E-state index is 4.66. The summed E-state index contributed by atoms with van der Waals surface area (Å²) in [5.41, 5.74) is 10.2. The summed E-state index contributed by atoms with van der Waals surface area (Å²) in [6.45, 7) is 4.38. The zero-order valence-corrected chi connectivity index (χ0v) is 19.9. The lowest BCUT2D eigenvalue weighted by atomic mass is 10.1. The van der Waals surface area contributed by atoms with Crippen LogP contribution in [0.1, 0.15) is 20.3 Å². The van der Waals surface area contributed by atoms with Crippen LogP contribution in [0.5, 0.6) is 0 Å². The van der Waals surface area contributed by atoms with Crippen LogP contribution in [-0.4, -0.2) is 11.0 Å². The van der Waals surface area contributed by atoms with Crippen molar-refractivity contribution in [3.8, 4) is 0 Å². The van der Waals surface area contributed by atoms with Crippen LogP contribution in [0.3, 0.4) is 0 Å². The number of anilines is 3. The first-order valence-electron chi connectivity index (χ1n) is 11.4. The van der Waals surface area contributed by atoms with Crippen molar-refractivity contribution in [1.82, 2.24) is 4.98 Å². The van der Waals surface area contributed by atoms with Crippen LogP contribution < -0.4 is 16.2 Å². The molecular weight excluding hydrogens is 440 g/mol. The van der Waals surface area contributed by atoms with Gasteiger partial charge in [0.25, 0.3) is 0 Å². The number of benzene rings is 4. The molecule has 5 aromatic rings. The fraction of sp³-hybridized carbons (Fsp3) is 0.148. The zero-order valence-electron chi connectivity index (χ0n) is 19.1. The molecule has 0 saturated heterocycles. The van der Waals surface area contributed by atoms with Crippen LogP contribution in [0.4, 0.5) is 27.9 Å². The van der Waals surface area contributed by atoms with Crippen molar-refractivity contribution in [1.29, 1.82) is 0 Å². The Labute approximate surface area is 202 Å². The lowest BCUT2D eigenvalue weighted by molar-refractivity contribution is 0.765. The molecule has 3 N–H and O–H groups in total. The summed E-state index contributed by atoms with van der Waals surface area (Å²) in [7, 11) is 0. The van der Waals surface area contributed by atoms with Crippen LogP contribution in [0, 0.1) is 0 Å². The van der Waals surface area contributed by atoms with Gasteiger partial charge in [-0.25, -0.2) is 4.98 Å². The van der Waals surface area contributed by atoms with Gasteiger partial charge in [-0.1, -0.05) is 55.5 Å². The first-order chi connectivity index (χ1) is 16.7. The number of fused-ring (bicyclic) bond motifs is 2. The maximum absolute atomic E-state index is 4.66. The van der Waals surface area contributed by atoms with Gasteiger partial charge in [0.15, 0.2) is 0 Å². The molecule has 0 aliphatic carbocycles. The second-order valence-electron chi connectivity index (χ2n) is 8.10. The number of nitrogens with zero attached hydrogens (tertiary/aromatic N) is 3. The van der Waals surface area contributed by atoms with E-state index < -0.39 is 0 Å². The minimum atomic E-state index is 0.402. The van der Waals surface area contributed by atoms with Crippen molar-refractivity contribution in [3.63, 3.8) is 0 Å². The molecule has 0 radical (unpaired) electrons. The van der Waals surface area contributed by atoms with Gasteiger partial charge in [0.05, 0.1) is 17.1 Å². The Morgan fingerprint density at radius 3 is 1.94 bits per heavy atom. The fourth-order valence-electron chi connectivity index (χ4n) is 3.86. The van der Waals surface area contributed by atoms with Crippen molar-refractivity contribution in [2.24, 2.45) is 10.2 Å².